The van der Waals surface area contributed by atoms with Crippen molar-refractivity contribution in [3.05, 3.63) is 64.7 Å². The molecule has 0 spiro atoms. The van der Waals surface area contributed by atoms with Crippen molar-refractivity contribution in [2.45, 2.75) is 33.7 Å². The maximum Gasteiger partial charge on any atom is 0.253 e. The fourth-order valence-electron chi connectivity index (χ4n) is 3.08. The largest absolute Gasteiger partial charge is 0.494 e. The number of hydrogen-bond donors (Lipinski definition) is 2. The van der Waals surface area contributed by atoms with Crippen molar-refractivity contribution in [1.82, 2.24) is 15.5 Å². The molecule has 2 N–H and O–H groups in total. The van der Waals surface area contributed by atoms with E-state index >= 15 is 0 Å². The molecule has 2 aromatic carbocycles. The van der Waals surface area contributed by atoms with Crippen molar-refractivity contribution in [2.24, 2.45) is 4.99 Å². The molecule has 1 amide bonds. The van der Waals surface area contributed by atoms with Gasteiger partial charge in [-0.3, -0.25) is 4.79 Å². The Balaban J connectivity index is 1.95. The zero-order valence-electron chi connectivity index (χ0n) is 18.8. The summed E-state index contributed by atoms with van der Waals surface area (Å²) in [7, 11) is 3.53. The molecule has 0 aliphatic carbocycles. The summed E-state index contributed by atoms with van der Waals surface area (Å²) < 4.78 is 5.60. The maximum absolute atomic E-state index is 12.1. The van der Waals surface area contributed by atoms with E-state index in [1.54, 1.807) is 19.0 Å². The molecule has 0 heterocycles. The first-order valence-electron chi connectivity index (χ1n) is 10.5. The molecule has 0 aromatic heterocycles. The first-order valence-corrected chi connectivity index (χ1v) is 10.5. The molecule has 30 heavy (non-hydrogen) atoms. The molecule has 0 fully saturated rings. The smallest absolute Gasteiger partial charge is 0.253 e. The summed E-state index contributed by atoms with van der Waals surface area (Å²) in [5.41, 5.74) is 4.09. The maximum atomic E-state index is 12.1. The number of nitrogens with zero attached hydrogens (tertiary/aromatic N) is 2. The van der Waals surface area contributed by atoms with Crippen LogP contribution in [0, 0.1) is 6.92 Å². The summed E-state index contributed by atoms with van der Waals surface area (Å²) in [5, 5.41) is 6.66. The Bertz CT molecular complexity index is 862. The van der Waals surface area contributed by atoms with E-state index in [1.807, 2.05) is 37.3 Å². The molecule has 0 unspecified atom stereocenters. The number of aryl methyl sites for hydroxylation is 1. The summed E-state index contributed by atoms with van der Waals surface area (Å²) in [6.45, 7) is 8.87. The van der Waals surface area contributed by atoms with E-state index in [1.165, 1.54) is 0 Å². The van der Waals surface area contributed by atoms with Gasteiger partial charge in [-0.2, -0.15) is 0 Å². The lowest BCUT2D eigenvalue weighted by Gasteiger charge is -2.13. The predicted octanol–water partition coefficient (Wildman–Crippen LogP) is 3.39. The van der Waals surface area contributed by atoms with E-state index in [4.69, 9.17) is 9.73 Å². The molecule has 0 aliphatic heterocycles. The number of ether oxygens (including phenoxy) is 1. The Morgan fingerprint density at radius 2 is 1.87 bits per heavy atom. The number of rotatable bonds is 9. The first-order chi connectivity index (χ1) is 14.4. The molecule has 6 nitrogen and oxygen atoms in total. The van der Waals surface area contributed by atoms with Crippen LogP contribution >= 0.6 is 0 Å². The molecule has 0 bridgehead atoms. The molecule has 2 rings (SSSR count). The fourth-order valence-corrected chi connectivity index (χ4v) is 3.08. The number of benzene rings is 2. The second-order valence-electron chi connectivity index (χ2n) is 7.30. The van der Waals surface area contributed by atoms with Gasteiger partial charge < -0.3 is 20.3 Å². The van der Waals surface area contributed by atoms with Crippen molar-refractivity contribution in [3.63, 3.8) is 0 Å². The van der Waals surface area contributed by atoms with Gasteiger partial charge in [-0.25, -0.2) is 4.99 Å². The average molecular weight is 411 g/mol. The van der Waals surface area contributed by atoms with Crippen molar-refractivity contribution < 1.29 is 9.53 Å². The van der Waals surface area contributed by atoms with Crippen LogP contribution in [0.25, 0.3) is 0 Å². The molecule has 0 saturated heterocycles. The summed E-state index contributed by atoms with van der Waals surface area (Å²) >= 11 is 0. The number of carbonyl (C=O) groups is 1. The zero-order chi connectivity index (χ0) is 21.9. The summed E-state index contributed by atoms with van der Waals surface area (Å²) in [6.07, 6.45) is 0.807. The normalized spacial score (nSPS) is 11.2. The number of hydrogen-bond acceptors (Lipinski definition) is 3. The minimum atomic E-state index is 0.0189. The lowest BCUT2D eigenvalue weighted by molar-refractivity contribution is 0.0827. The van der Waals surface area contributed by atoms with Gasteiger partial charge >= 0.3 is 0 Å². The standard InChI is InChI=1S/C24H34N4O2/c1-6-25-24(27-17-20-11-12-22(30-7-2)18(3)15-20)26-14-13-19-9-8-10-21(16-19)23(29)28(4)5/h8-12,15-16H,6-7,13-14,17H2,1-5H3,(H2,25,26,27). The van der Waals surface area contributed by atoms with Crippen LogP contribution < -0.4 is 15.4 Å². The van der Waals surface area contributed by atoms with Gasteiger partial charge in [0.2, 0.25) is 0 Å². The fraction of sp³-hybridized carbons (Fsp3) is 0.417. The zero-order valence-corrected chi connectivity index (χ0v) is 18.8. The van der Waals surface area contributed by atoms with Gasteiger partial charge in [-0.15, -0.1) is 0 Å². The third-order valence-corrected chi connectivity index (χ3v) is 4.59. The van der Waals surface area contributed by atoms with Gasteiger partial charge in [0.25, 0.3) is 5.91 Å². The minimum Gasteiger partial charge on any atom is -0.494 e. The van der Waals surface area contributed by atoms with E-state index in [-0.39, 0.29) is 5.91 Å². The molecule has 2 aromatic rings. The van der Waals surface area contributed by atoms with Gasteiger partial charge in [-0.05, 0) is 62.1 Å². The second-order valence-corrected chi connectivity index (χ2v) is 7.30. The third-order valence-electron chi connectivity index (χ3n) is 4.59. The topological polar surface area (TPSA) is 66.0 Å². The number of aliphatic imine (C=N–C) groups is 1. The van der Waals surface area contributed by atoms with Gasteiger partial charge in [0, 0.05) is 32.7 Å². The van der Waals surface area contributed by atoms with Crippen LogP contribution in [0.5, 0.6) is 5.75 Å². The number of nitrogens with one attached hydrogen (secondary N) is 2. The Labute approximate surface area is 180 Å². The SMILES string of the molecule is CCNC(=NCc1ccc(OCC)c(C)c1)NCCc1cccc(C(=O)N(C)C)c1. The van der Waals surface area contributed by atoms with Crippen molar-refractivity contribution >= 4 is 11.9 Å². The van der Waals surface area contributed by atoms with Crippen LogP contribution in [0.3, 0.4) is 0 Å². The monoisotopic (exact) mass is 410 g/mol. The van der Waals surface area contributed by atoms with E-state index < -0.39 is 0 Å². The first kappa shape index (κ1) is 23.3. The van der Waals surface area contributed by atoms with Crippen LogP contribution in [0.2, 0.25) is 0 Å². The third kappa shape index (κ3) is 7.10. The lowest BCUT2D eigenvalue weighted by Crippen LogP contribution is -2.38. The van der Waals surface area contributed by atoms with Gasteiger partial charge in [0.05, 0.1) is 13.2 Å². The van der Waals surface area contributed by atoms with E-state index in [0.717, 1.165) is 47.9 Å². The molecular weight excluding hydrogens is 376 g/mol. The average Bonchev–Trinajstić information content (AvgIpc) is 2.73. The van der Waals surface area contributed by atoms with Crippen LogP contribution in [-0.2, 0) is 13.0 Å². The predicted molar refractivity (Wildman–Crippen MR) is 123 cm³/mol. The Kier molecular flexibility index (Phi) is 9.19. The molecule has 6 heteroatoms. The molecule has 0 aliphatic rings. The summed E-state index contributed by atoms with van der Waals surface area (Å²) in [6, 6.07) is 14.0. The highest BCUT2D eigenvalue weighted by molar-refractivity contribution is 5.94. The van der Waals surface area contributed by atoms with Crippen molar-refractivity contribution in [1.29, 1.82) is 0 Å². The van der Waals surface area contributed by atoms with Crippen LogP contribution in [0.1, 0.15) is 40.9 Å². The van der Waals surface area contributed by atoms with Crippen molar-refractivity contribution in [2.75, 3.05) is 33.8 Å². The molecular formula is C24H34N4O2. The highest BCUT2D eigenvalue weighted by Crippen LogP contribution is 2.19. The van der Waals surface area contributed by atoms with Gasteiger partial charge in [0.15, 0.2) is 5.96 Å². The highest BCUT2D eigenvalue weighted by Gasteiger charge is 2.08. The Morgan fingerprint density at radius 3 is 2.53 bits per heavy atom. The molecule has 0 atom stereocenters. The number of carbonyl (C=O) groups excluding carboxylic acids is 1. The van der Waals surface area contributed by atoms with Crippen molar-refractivity contribution in [3.8, 4) is 5.75 Å². The van der Waals surface area contributed by atoms with E-state index in [2.05, 4.69) is 36.6 Å². The highest BCUT2D eigenvalue weighted by atomic mass is 16.5. The lowest BCUT2D eigenvalue weighted by atomic mass is 10.1. The Hall–Kier alpha value is -3.02. The van der Waals surface area contributed by atoms with Crippen LogP contribution in [0.4, 0.5) is 0 Å². The quantitative estimate of drug-likeness (QED) is 0.491. The van der Waals surface area contributed by atoms with Gasteiger partial charge in [0.1, 0.15) is 5.75 Å². The Morgan fingerprint density at radius 1 is 1.07 bits per heavy atom. The molecule has 0 radical (unpaired) electrons. The van der Waals surface area contributed by atoms with E-state index in [0.29, 0.717) is 18.7 Å². The van der Waals surface area contributed by atoms with Crippen LogP contribution in [-0.4, -0.2) is 50.6 Å². The number of amides is 1. The van der Waals surface area contributed by atoms with Gasteiger partial charge in [-0.1, -0.05) is 24.3 Å². The molecule has 0 saturated carbocycles. The summed E-state index contributed by atoms with van der Waals surface area (Å²) in [4.78, 5) is 18.4. The minimum absolute atomic E-state index is 0.0189. The summed E-state index contributed by atoms with van der Waals surface area (Å²) in [5.74, 6) is 1.72. The molecule has 162 valence electrons. The van der Waals surface area contributed by atoms with E-state index in [9.17, 15) is 4.79 Å². The number of guanidine groups is 1. The van der Waals surface area contributed by atoms with Crippen LogP contribution in [0.15, 0.2) is 47.5 Å². The second kappa shape index (κ2) is 11.9.